The molecule has 0 aromatic heterocycles. The number of benzene rings is 3. The third-order valence-electron chi connectivity index (χ3n) is 8.30. The average Bonchev–Trinajstić information content (AvgIpc) is 2.96. The van der Waals surface area contributed by atoms with Gasteiger partial charge in [0.15, 0.2) is 11.6 Å². The standard InChI is InChI=1S/C34H41FN2O3/c1-4-37(23-25-7-14-34(32(35)18-25)40-17-16-36-15-5-6-24(2)22-36)33-21-30(39-3)12-13-31(33)28-9-8-27-20-29(38)11-10-26(27)19-28/h7,10-14,18,20-21,28,38H,2,4-6,8-9,15-17,19,22-23H2,1,3H3/t28-/m0/s1. The highest BCUT2D eigenvalue weighted by Gasteiger charge is 2.25. The maximum Gasteiger partial charge on any atom is 0.165 e. The quantitative estimate of drug-likeness (QED) is 0.282. The number of hydrogen-bond acceptors (Lipinski definition) is 5. The Morgan fingerprint density at radius 2 is 1.95 bits per heavy atom. The fourth-order valence-corrected chi connectivity index (χ4v) is 6.13. The van der Waals surface area contributed by atoms with Crippen LogP contribution in [-0.2, 0) is 19.4 Å². The van der Waals surface area contributed by atoms with Crippen molar-refractivity contribution in [2.75, 3.05) is 44.8 Å². The minimum Gasteiger partial charge on any atom is -0.508 e. The number of aryl methyl sites for hydroxylation is 1. The van der Waals surface area contributed by atoms with Crippen LogP contribution < -0.4 is 14.4 Å². The summed E-state index contributed by atoms with van der Waals surface area (Å²) in [5.74, 6) is 1.48. The van der Waals surface area contributed by atoms with Crippen LogP contribution in [0.25, 0.3) is 0 Å². The molecule has 0 bridgehead atoms. The van der Waals surface area contributed by atoms with E-state index >= 15 is 4.39 Å². The number of hydrogen-bond donors (Lipinski definition) is 1. The molecule has 1 aliphatic heterocycles. The number of phenols is 1. The van der Waals surface area contributed by atoms with Gasteiger partial charge in [-0.2, -0.15) is 0 Å². The number of aromatic hydroxyl groups is 1. The van der Waals surface area contributed by atoms with E-state index in [4.69, 9.17) is 9.47 Å². The molecule has 1 fully saturated rings. The minimum atomic E-state index is -0.324. The first-order valence-electron chi connectivity index (χ1n) is 14.5. The van der Waals surface area contributed by atoms with Crippen molar-refractivity contribution in [1.82, 2.24) is 4.90 Å². The molecule has 1 heterocycles. The van der Waals surface area contributed by atoms with Crippen molar-refractivity contribution in [3.63, 3.8) is 0 Å². The van der Waals surface area contributed by atoms with Gasteiger partial charge in [0.1, 0.15) is 18.1 Å². The van der Waals surface area contributed by atoms with E-state index in [0.29, 0.717) is 30.6 Å². The molecule has 1 N–H and O–H groups in total. The largest absolute Gasteiger partial charge is 0.508 e. The van der Waals surface area contributed by atoms with Crippen molar-refractivity contribution in [2.45, 2.75) is 51.5 Å². The summed E-state index contributed by atoms with van der Waals surface area (Å²) in [6, 6.07) is 17.4. The number of rotatable bonds is 10. The first kappa shape index (κ1) is 28.0. The Kier molecular flexibility index (Phi) is 8.95. The second-order valence-electron chi connectivity index (χ2n) is 11.1. The van der Waals surface area contributed by atoms with Crippen molar-refractivity contribution >= 4 is 5.69 Å². The summed E-state index contributed by atoms with van der Waals surface area (Å²) in [6.07, 6.45) is 5.10. The van der Waals surface area contributed by atoms with Gasteiger partial charge in [-0.05, 0) is 104 Å². The number of phenolic OH excluding ortho intramolecular Hbond substituents is 1. The molecule has 3 aromatic carbocycles. The maximum atomic E-state index is 15.1. The molecular weight excluding hydrogens is 503 g/mol. The first-order chi connectivity index (χ1) is 19.4. The fourth-order valence-electron chi connectivity index (χ4n) is 6.13. The normalized spacial score (nSPS) is 17.4. The third-order valence-corrected chi connectivity index (χ3v) is 8.30. The van der Waals surface area contributed by atoms with Crippen LogP contribution >= 0.6 is 0 Å². The van der Waals surface area contributed by atoms with Crippen LogP contribution in [0.15, 0.2) is 66.7 Å². The maximum absolute atomic E-state index is 15.1. The molecular formula is C34H41FN2O3. The summed E-state index contributed by atoms with van der Waals surface area (Å²) >= 11 is 0. The Morgan fingerprint density at radius 3 is 2.73 bits per heavy atom. The number of piperidine rings is 1. The monoisotopic (exact) mass is 544 g/mol. The summed E-state index contributed by atoms with van der Waals surface area (Å²) in [7, 11) is 1.69. The third kappa shape index (κ3) is 6.61. The van der Waals surface area contributed by atoms with Gasteiger partial charge in [0.2, 0.25) is 0 Å². The van der Waals surface area contributed by atoms with Gasteiger partial charge < -0.3 is 19.5 Å². The molecule has 5 nitrogen and oxygen atoms in total. The topological polar surface area (TPSA) is 45.2 Å². The second-order valence-corrected chi connectivity index (χ2v) is 11.1. The van der Waals surface area contributed by atoms with E-state index in [2.05, 4.69) is 35.4 Å². The molecule has 212 valence electrons. The van der Waals surface area contributed by atoms with Crippen LogP contribution in [0.3, 0.4) is 0 Å². The van der Waals surface area contributed by atoms with Crippen molar-refractivity contribution < 1.29 is 19.0 Å². The molecule has 5 rings (SSSR count). The lowest BCUT2D eigenvalue weighted by molar-refractivity contribution is 0.201. The Labute approximate surface area is 237 Å². The number of ether oxygens (including phenoxy) is 2. The molecule has 1 saturated heterocycles. The summed E-state index contributed by atoms with van der Waals surface area (Å²) in [4.78, 5) is 4.61. The van der Waals surface area contributed by atoms with E-state index in [1.165, 1.54) is 22.3 Å². The fraction of sp³-hybridized carbons (Fsp3) is 0.412. The second kappa shape index (κ2) is 12.8. The molecule has 0 radical (unpaired) electrons. The molecule has 3 aromatic rings. The van der Waals surface area contributed by atoms with Gasteiger partial charge in [0.05, 0.1) is 7.11 Å². The highest BCUT2D eigenvalue weighted by molar-refractivity contribution is 5.60. The van der Waals surface area contributed by atoms with E-state index < -0.39 is 0 Å². The average molecular weight is 545 g/mol. The van der Waals surface area contributed by atoms with E-state index in [0.717, 1.165) is 75.3 Å². The van der Waals surface area contributed by atoms with Crippen LogP contribution in [0.1, 0.15) is 54.4 Å². The Morgan fingerprint density at radius 1 is 1.07 bits per heavy atom. The lowest BCUT2D eigenvalue weighted by atomic mass is 9.79. The summed E-state index contributed by atoms with van der Waals surface area (Å²) in [5, 5.41) is 9.90. The zero-order valence-electron chi connectivity index (χ0n) is 23.8. The van der Waals surface area contributed by atoms with Gasteiger partial charge in [-0.25, -0.2) is 4.39 Å². The lowest BCUT2D eigenvalue weighted by Gasteiger charge is -2.32. The van der Waals surface area contributed by atoms with Crippen LogP contribution in [0, 0.1) is 5.82 Å². The summed E-state index contributed by atoms with van der Waals surface area (Å²) in [6.45, 7) is 10.8. The minimum absolute atomic E-state index is 0.302. The number of nitrogens with zero attached hydrogens (tertiary/aromatic N) is 2. The van der Waals surface area contributed by atoms with Crippen LogP contribution in [-0.4, -0.2) is 49.9 Å². The Bertz CT molecular complexity index is 1340. The molecule has 0 unspecified atom stereocenters. The van der Waals surface area contributed by atoms with Gasteiger partial charge in [-0.3, -0.25) is 4.90 Å². The van der Waals surface area contributed by atoms with Gasteiger partial charge >= 0.3 is 0 Å². The van der Waals surface area contributed by atoms with Crippen molar-refractivity contribution in [3.05, 3.63) is 94.8 Å². The van der Waals surface area contributed by atoms with E-state index in [9.17, 15) is 5.11 Å². The zero-order chi connectivity index (χ0) is 28.1. The van der Waals surface area contributed by atoms with Gasteiger partial charge in [-0.1, -0.05) is 30.4 Å². The molecule has 0 saturated carbocycles. The molecule has 2 aliphatic rings. The van der Waals surface area contributed by atoms with Crippen LogP contribution in [0.4, 0.5) is 10.1 Å². The predicted molar refractivity (Wildman–Crippen MR) is 159 cm³/mol. The SMILES string of the molecule is C=C1CCCN(CCOc2ccc(CN(CC)c3cc(OC)ccc3[C@H]3CCc4cc(O)ccc4C3)cc2F)C1. The number of halogens is 1. The molecule has 0 amide bonds. The zero-order valence-corrected chi connectivity index (χ0v) is 23.8. The van der Waals surface area contributed by atoms with Crippen LogP contribution in [0.2, 0.25) is 0 Å². The van der Waals surface area contributed by atoms with Crippen molar-refractivity contribution in [2.24, 2.45) is 0 Å². The van der Waals surface area contributed by atoms with Gasteiger partial charge in [-0.15, -0.1) is 0 Å². The highest BCUT2D eigenvalue weighted by Crippen LogP contribution is 2.40. The molecule has 0 spiro atoms. The molecule has 40 heavy (non-hydrogen) atoms. The highest BCUT2D eigenvalue weighted by atomic mass is 19.1. The van der Waals surface area contributed by atoms with Gasteiger partial charge in [0, 0.05) is 37.9 Å². The smallest absolute Gasteiger partial charge is 0.165 e. The van der Waals surface area contributed by atoms with Crippen molar-refractivity contribution in [1.29, 1.82) is 0 Å². The van der Waals surface area contributed by atoms with E-state index in [-0.39, 0.29) is 5.82 Å². The number of methoxy groups -OCH3 is 1. The number of likely N-dealkylation sites (tertiary alicyclic amines) is 1. The lowest BCUT2D eigenvalue weighted by Crippen LogP contribution is -2.34. The first-order valence-corrected chi connectivity index (χ1v) is 14.5. The summed E-state index contributed by atoms with van der Waals surface area (Å²) in [5.41, 5.74) is 7.09. The summed E-state index contributed by atoms with van der Waals surface area (Å²) < 4.78 is 26.5. The van der Waals surface area contributed by atoms with E-state index in [1.54, 1.807) is 25.3 Å². The Balaban J connectivity index is 1.29. The van der Waals surface area contributed by atoms with E-state index in [1.807, 2.05) is 24.3 Å². The number of anilines is 1. The molecule has 1 aliphatic carbocycles. The molecule has 1 atom stereocenters. The number of fused-ring (bicyclic) bond motifs is 1. The van der Waals surface area contributed by atoms with Crippen LogP contribution in [0.5, 0.6) is 17.2 Å². The molecule has 6 heteroatoms. The Hall–Kier alpha value is -3.51. The van der Waals surface area contributed by atoms with Crippen molar-refractivity contribution in [3.8, 4) is 17.2 Å². The van der Waals surface area contributed by atoms with Gasteiger partial charge in [0.25, 0.3) is 0 Å². The predicted octanol–water partition coefficient (Wildman–Crippen LogP) is 6.87.